The Bertz CT molecular complexity index is 1380. The number of benzene rings is 3. The Balaban J connectivity index is 1.31. The van der Waals surface area contributed by atoms with E-state index in [1.807, 2.05) is 36.4 Å². The van der Waals surface area contributed by atoms with E-state index in [1.165, 1.54) is 5.56 Å². The highest BCUT2D eigenvalue weighted by atomic mass is 35.5. The van der Waals surface area contributed by atoms with Gasteiger partial charge in [0.2, 0.25) is 17.2 Å². The molecule has 1 fully saturated rings. The lowest BCUT2D eigenvalue weighted by Gasteiger charge is -2.31. The minimum absolute atomic E-state index is 0.167. The third kappa shape index (κ3) is 5.47. The molecule has 0 spiro atoms. The van der Waals surface area contributed by atoms with E-state index >= 15 is 0 Å². The summed E-state index contributed by atoms with van der Waals surface area (Å²) in [6.07, 6.45) is 3.19. The number of likely N-dealkylation sites (tertiary alicyclic amines) is 1. The van der Waals surface area contributed by atoms with Crippen molar-refractivity contribution in [1.29, 1.82) is 0 Å². The number of carbonyl (C=O) groups excluding carboxylic acids is 1. The molecule has 1 N–H and O–H groups in total. The average Bonchev–Trinajstić information content (AvgIpc) is 2.87. The second-order valence-corrected chi connectivity index (χ2v) is 9.54. The molecule has 1 amide bonds. The number of rotatable bonds is 6. The van der Waals surface area contributed by atoms with Crippen molar-refractivity contribution in [2.24, 2.45) is 5.92 Å². The zero-order chi connectivity index (χ0) is 24.2. The third-order valence-electron chi connectivity index (χ3n) is 6.61. The Morgan fingerprint density at radius 1 is 0.971 bits per heavy atom. The van der Waals surface area contributed by atoms with Crippen molar-refractivity contribution in [3.05, 3.63) is 99.7 Å². The number of piperidine rings is 1. The maximum absolute atomic E-state index is 13.4. The summed E-state index contributed by atoms with van der Waals surface area (Å²) in [6.45, 7) is 2.00. The zero-order valence-electron chi connectivity index (χ0n) is 19.4. The first-order valence-corrected chi connectivity index (χ1v) is 12.3. The van der Waals surface area contributed by atoms with Gasteiger partial charge in [-0.25, -0.2) is 0 Å². The lowest BCUT2D eigenvalue weighted by Crippen LogP contribution is -2.39. The van der Waals surface area contributed by atoms with Crippen LogP contribution in [0.25, 0.3) is 22.1 Å². The van der Waals surface area contributed by atoms with Gasteiger partial charge in [0.1, 0.15) is 5.58 Å². The van der Waals surface area contributed by atoms with Crippen molar-refractivity contribution in [2.45, 2.75) is 19.3 Å². The van der Waals surface area contributed by atoms with Gasteiger partial charge in [0.25, 0.3) is 0 Å². The van der Waals surface area contributed by atoms with Gasteiger partial charge in [-0.05, 0) is 67.6 Å². The molecule has 1 aliphatic rings. The topological polar surface area (TPSA) is 62.6 Å². The molecule has 178 valence electrons. The summed E-state index contributed by atoms with van der Waals surface area (Å²) >= 11 is 6.12. The second-order valence-electron chi connectivity index (χ2n) is 9.10. The van der Waals surface area contributed by atoms with E-state index in [1.54, 1.807) is 18.2 Å². The van der Waals surface area contributed by atoms with Gasteiger partial charge < -0.3 is 4.42 Å². The summed E-state index contributed by atoms with van der Waals surface area (Å²) < 4.78 is 6.02. The molecule has 0 unspecified atom stereocenters. The SMILES string of the molecule is O=C(CN1CCC(Cc2ccccc2)CC1)Nc1oc2ccc(Cl)cc2c(=O)c1-c1ccccc1. The van der Waals surface area contributed by atoms with E-state index in [0.29, 0.717) is 33.0 Å². The number of amides is 1. The summed E-state index contributed by atoms with van der Waals surface area (Å²) in [7, 11) is 0. The predicted octanol–water partition coefficient (Wildman–Crippen LogP) is 6.01. The Kier molecular flexibility index (Phi) is 6.98. The molecule has 35 heavy (non-hydrogen) atoms. The number of fused-ring (bicyclic) bond motifs is 1. The third-order valence-corrected chi connectivity index (χ3v) is 6.84. The standard InChI is InChI=1S/C29H27ClN2O3/c30-23-11-12-25-24(18-23)28(34)27(22-9-5-2-6-10-22)29(35-25)31-26(33)19-32-15-13-21(14-16-32)17-20-7-3-1-4-8-20/h1-12,18,21H,13-17,19H2,(H,31,33). The van der Waals surface area contributed by atoms with Crippen LogP contribution in [-0.4, -0.2) is 30.4 Å². The number of hydrogen-bond donors (Lipinski definition) is 1. The van der Waals surface area contributed by atoms with Crippen LogP contribution in [0.5, 0.6) is 0 Å². The summed E-state index contributed by atoms with van der Waals surface area (Å²) in [5.74, 6) is 0.604. The summed E-state index contributed by atoms with van der Waals surface area (Å²) in [6, 6.07) is 24.7. The largest absolute Gasteiger partial charge is 0.439 e. The minimum atomic E-state index is -0.225. The first kappa shape index (κ1) is 23.3. The highest BCUT2D eigenvalue weighted by Gasteiger charge is 2.23. The molecule has 0 aliphatic carbocycles. The number of carbonyl (C=O) groups is 1. The lowest BCUT2D eigenvalue weighted by atomic mass is 9.90. The monoisotopic (exact) mass is 486 g/mol. The van der Waals surface area contributed by atoms with Gasteiger partial charge in [0, 0.05) is 5.02 Å². The molecule has 5 rings (SSSR count). The van der Waals surface area contributed by atoms with Crippen LogP contribution in [0.4, 0.5) is 5.88 Å². The number of anilines is 1. The normalized spacial score (nSPS) is 14.8. The van der Waals surface area contributed by atoms with Crippen LogP contribution in [0.3, 0.4) is 0 Å². The van der Waals surface area contributed by atoms with Crippen LogP contribution in [-0.2, 0) is 11.2 Å². The van der Waals surface area contributed by atoms with E-state index in [9.17, 15) is 9.59 Å². The molecular formula is C29H27ClN2O3. The molecule has 5 nitrogen and oxygen atoms in total. The van der Waals surface area contributed by atoms with Crippen LogP contribution >= 0.6 is 11.6 Å². The maximum Gasteiger partial charge on any atom is 0.240 e. The maximum atomic E-state index is 13.4. The van der Waals surface area contributed by atoms with Gasteiger partial charge in [-0.2, -0.15) is 0 Å². The van der Waals surface area contributed by atoms with Crippen LogP contribution in [0, 0.1) is 5.92 Å². The first-order chi connectivity index (χ1) is 17.1. The molecule has 4 aromatic rings. The van der Waals surface area contributed by atoms with E-state index in [0.717, 1.165) is 32.4 Å². The lowest BCUT2D eigenvalue weighted by molar-refractivity contribution is -0.117. The molecular weight excluding hydrogens is 460 g/mol. The van der Waals surface area contributed by atoms with Crippen molar-refractivity contribution in [3.8, 4) is 11.1 Å². The minimum Gasteiger partial charge on any atom is -0.439 e. The zero-order valence-corrected chi connectivity index (χ0v) is 20.1. The van der Waals surface area contributed by atoms with Crippen LogP contribution in [0.1, 0.15) is 18.4 Å². The van der Waals surface area contributed by atoms with E-state index in [-0.39, 0.29) is 23.8 Å². The van der Waals surface area contributed by atoms with Gasteiger partial charge in [-0.3, -0.25) is 19.8 Å². The summed E-state index contributed by atoms with van der Waals surface area (Å²) in [5.41, 5.74) is 2.54. The molecule has 1 aromatic heterocycles. The van der Waals surface area contributed by atoms with Crippen molar-refractivity contribution >= 4 is 34.4 Å². The number of halogens is 1. The highest BCUT2D eigenvalue weighted by molar-refractivity contribution is 6.31. The van der Waals surface area contributed by atoms with Crippen molar-refractivity contribution in [3.63, 3.8) is 0 Å². The van der Waals surface area contributed by atoms with Crippen molar-refractivity contribution in [1.82, 2.24) is 4.90 Å². The fourth-order valence-corrected chi connectivity index (χ4v) is 4.96. The van der Waals surface area contributed by atoms with Crippen LogP contribution in [0.2, 0.25) is 5.02 Å². The van der Waals surface area contributed by atoms with E-state index in [2.05, 4.69) is 34.5 Å². The smallest absolute Gasteiger partial charge is 0.240 e. The Labute approximate surface area is 209 Å². The molecule has 0 saturated carbocycles. The van der Waals surface area contributed by atoms with Crippen LogP contribution in [0.15, 0.2) is 88.1 Å². The fraction of sp³-hybridized carbons (Fsp3) is 0.241. The highest BCUT2D eigenvalue weighted by Crippen LogP contribution is 2.30. The number of hydrogen-bond acceptors (Lipinski definition) is 4. The molecule has 1 aliphatic heterocycles. The molecule has 1 saturated heterocycles. The molecule has 0 radical (unpaired) electrons. The van der Waals surface area contributed by atoms with Crippen LogP contribution < -0.4 is 10.7 Å². The van der Waals surface area contributed by atoms with Gasteiger partial charge in [-0.1, -0.05) is 72.3 Å². The Hall–Kier alpha value is -3.41. The molecule has 6 heteroatoms. The summed E-state index contributed by atoms with van der Waals surface area (Å²) in [4.78, 5) is 28.5. The van der Waals surface area contributed by atoms with E-state index in [4.69, 9.17) is 16.0 Å². The van der Waals surface area contributed by atoms with E-state index < -0.39 is 0 Å². The molecule has 0 bridgehead atoms. The molecule has 3 aromatic carbocycles. The predicted molar refractivity (Wildman–Crippen MR) is 141 cm³/mol. The quantitative estimate of drug-likeness (QED) is 0.362. The van der Waals surface area contributed by atoms with Gasteiger partial charge in [0.05, 0.1) is 17.5 Å². The first-order valence-electron chi connectivity index (χ1n) is 11.9. The average molecular weight is 487 g/mol. The molecule has 2 heterocycles. The van der Waals surface area contributed by atoms with Gasteiger partial charge >= 0.3 is 0 Å². The Morgan fingerprint density at radius 3 is 2.37 bits per heavy atom. The Morgan fingerprint density at radius 2 is 1.66 bits per heavy atom. The fourth-order valence-electron chi connectivity index (χ4n) is 4.79. The summed E-state index contributed by atoms with van der Waals surface area (Å²) in [5, 5.41) is 3.71. The number of nitrogens with zero attached hydrogens (tertiary/aromatic N) is 1. The van der Waals surface area contributed by atoms with Gasteiger partial charge in [-0.15, -0.1) is 0 Å². The number of nitrogens with one attached hydrogen (secondary N) is 1. The van der Waals surface area contributed by atoms with Gasteiger partial charge in [0.15, 0.2) is 0 Å². The van der Waals surface area contributed by atoms with Crippen molar-refractivity contribution < 1.29 is 9.21 Å². The molecule has 0 atom stereocenters. The van der Waals surface area contributed by atoms with Crippen molar-refractivity contribution in [2.75, 3.05) is 25.0 Å². The second kappa shape index (κ2) is 10.5.